The monoisotopic (exact) mass is 316 g/mol. The minimum atomic E-state index is -4.44. The van der Waals surface area contributed by atoms with E-state index >= 15 is 0 Å². The van der Waals surface area contributed by atoms with Crippen LogP contribution in [0.15, 0.2) is 24.3 Å². The highest BCUT2D eigenvalue weighted by Crippen LogP contribution is 2.38. The Morgan fingerprint density at radius 3 is 2.48 bits per heavy atom. The minimum Gasteiger partial charge on any atom is -0.271 e. The standard InChI is InChI=1S/C13H15F3N4S/c1-7(2)10-12(21-20-19-10)11(18-17)8-5-3-4-6-9(8)13(14,15)16/h3-7,11,18H,17H2,1-2H3. The molecule has 2 aromatic rings. The van der Waals surface area contributed by atoms with Crippen LogP contribution in [0.3, 0.4) is 0 Å². The summed E-state index contributed by atoms with van der Waals surface area (Å²) >= 11 is 1.05. The normalized spacial score (nSPS) is 13.7. The fourth-order valence-corrected chi connectivity index (χ4v) is 3.01. The second-order valence-electron chi connectivity index (χ2n) is 4.86. The largest absolute Gasteiger partial charge is 0.416 e. The average molecular weight is 316 g/mol. The van der Waals surface area contributed by atoms with Crippen molar-refractivity contribution in [1.82, 2.24) is 15.0 Å². The zero-order valence-corrected chi connectivity index (χ0v) is 12.3. The molecule has 0 aliphatic heterocycles. The third-order valence-electron chi connectivity index (χ3n) is 3.09. The molecule has 0 aliphatic rings. The van der Waals surface area contributed by atoms with E-state index in [0.717, 1.165) is 17.6 Å². The van der Waals surface area contributed by atoms with Crippen molar-refractivity contribution in [3.05, 3.63) is 46.0 Å². The Morgan fingerprint density at radius 1 is 1.24 bits per heavy atom. The quantitative estimate of drug-likeness (QED) is 0.671. The summed E-state index contributed by atoms with van der Waals surface area (Å²) in [6.07, 6.45) is -4.44. The molecule has 0 amide bonds. The number of benzene rings is 1. The van der Waals surface area contributed by atoms with Crippen LogP contribution in [0, 0.1) is 0 Å². The van der Waals surface area contributed by atoms with E-state index in [1.807, 2.05) is 13.8 Å². The lowest BCUT2D eigenvalue weighted by atomic mass is 9.96. The highest BCUT2D eigenvalue weighted by molar-refractivity contribution is 7.05. The number of alkyl halides is 3. The number of rotatable bonds is 4. The number of nitrogens with zero attached hydrogens (tertiary/aromatic N) is 2. The molecule has 0 fully saturated rings. The highest BCUT2D eigenvalue weighted by Gasteiger charge is 2.36. The molecule has 2 rings (SSSR count). The zero-order valence-electron chi connectivity index (χ0n) is 11.5. The van der Waals surface area contributed by atoms with Gasteiger partial charge in [0.2, 0.25) is 0 Å². The highest BCUT2D eigenvalue weighted by atomic mass is 32.1. The van der Waals surface area contributed by atoms with E-state index in [0.29, 0.717) is 10.6 Å². The number of halogens is 3. The molecule has 3 N–H and O–H groups in total. The number of hydrogen-bond acceptors (Lipinski definition) is 5. The minimum absolute atomic E-state index is 0.0487. The van der Waals surface area contributed by atoms with Gasteiger partial charge in [-0.15, -0.1) is 5.10 Å². The van der Waals surface area contributed by atoms with Gasteiger partial charge in [-0.05, 0) is 29.1 Å². The molecule has 21 heavy (non-hydrogen) atoms. The van der Waals surface area contributed by atoms with Crippen molar-refractivity contribution in [3.63, 3.8) is 0 Å². The van der Waals surface area contributed by atoms with Crippen LogP contribution in [-0.2, 0) is 6.18 Å². The van der Waals surface area contributed by atoms with Crippen LogP contribution in [0.4, 0.5) is 13.2 Å². The van der Waals surface area contributed by atoms with Crippen LogP contribution in [-0.4, -0.2) is 9.59 Å². The molecule has 1 unspecified atom stereocenters. The van der Waals surface area contributed by atoms with Crippen LogP contribution in [0.5, 0.6) is 0 Å². The first-order valence-corrected chi connectivity index (χ1v) is 7.08. The second kappa shape index (κ2) is 6.08. The van der Waals surface area contributed by atoms with Gasteiger partial charge in [-0.25, -0.2) is 5.43 Å². The topological polar surface area (TPSA) is 63.8 Å². The van der Waals surface area contributed by atoms with Crippen LogP contribution in [0.2, 0.25) is 0 Å². The van der Waals surface area contributed by atoms with E-state index in [4.69, 9.17) is 5.84 Å². The summed E-state index contributed by atoms with van der Waals surface area (Å²) in [5, 5.41) is 3.99. The fraction of sp³-hybridized carbons (Fsp3) is 0.385. The van der Waals surface area contributed by atoms with Gasteiger partial charge in [0.1, 0.15) is 0 Å². The smallest absolute Gasteiger partial charge is 0.271 e. The van der Waals surface area contributed by atoms with Crippen molar-refractivity contribution in [1.29, 1.82) is 0 Å². The van der Waals surface area contributed by atoms with Crippen molar-refractivity contribution in [3.8, 4) is 0 Å². The Hall–Kier alpha value is -1.51. The Bertz CT molecular complexity index is 609. The lowest BCUT2D eigenvalue weighted by Gasteiger charge is -2.21. The molecule has 8 heteroatoms. The molecule has 0 saturated carbocycles. The third kappa shape index (κ3) is 3.22. The molecule has 0 aliphatic carbocycles. The predicted octanol–water partition coefficient (Wildman–Crippen LogP) is 3.23. The molecule has 4 nitrogen and oxygen atoms in total. The first-order chi connectivity index (χ1) is 9.86. The van der Waals surface area contributed by atoms with Gasteiger partial charge >= 0.3 is 6.18 Å². The van der Waals surface area contributed by atoms with E-state index in [-0.39, 0.29) is 11.5 Å². The lowest BCUT2D eigenvalue weighted by molar-refractivity contribution is -0.138. The van der Waals surface area contributed by atoms with Crippen molar-refractivity contribution >= 4 is 11.5 Å². The van der Waals surface area contributed by atoms with Crippen molar-refractivity contribution in [2.45, 2.75) is 32.0 Å². The third-order valence-corrected chi connectivity index (χ3v) is 3.90. The molecule has 1 heterocycles. The predicted molar refractivity (Wildman–Crippen MR) is 74.6 cm³/mol. The Morgan fingerprint density at radius 2 is 1.90 bits per heavy atom. The van der Waals surface area contributed by atoms with E-state index in [1.54, 1.807) is 6.07 Å². The number of nitrogens with two attached hydrogens (primary N) is 1. The number of hydrazine groups is 1. The molecular weight excluding hydrogens is 301 g/mol. The number of nitrogens with one attached hydrogen (secondary N) is 1. The van der Waals surface area contributed by atoms with Crippen molar-refractivity contribution < 1.29 is 13.2 Å². The average Bonchev–Trinajstić information content (AvgIpc) is 2.88. The molecule has 114 valence electrons. The van der Waals surface area contributed by atoms with Crippen molar-refractivity contribution in [2.75, 3.05) is 0 Å². The molecule has 0 bridgehead atoms. The van der Waals surface area contributed by atoms with Crippen LogP contribution < -0.4 is 11.3 Å². The summed E-state index contributed by atoms with van der Waals surface area (Å²) in [7, 11) is 0. The van der Waals surface area contributed by atoms with Gasteiger partial charge in [-0.2, -0.15) is 13.2 Å². The number of hydrogen-bond donors (Lipinski definition) is 2. The summed E-state index contributed by atoms with van der Waals surface area (Å²) < 4.78 is 43.3. The zero-order chi connectivity index (χ0) is 15.6. The van der Waals surface area contributed by atoms with E-state index in [9.17, 15) is 13.2 Å². The molecule has 0 radical (unpaired) electrons. The fourth-order valence-electron chi connectivity index (χ4n) is 2.12. The van der Waals surface area contributed by atoms with Crippen molar-refractivity contribution in [2.24, 2.45) is 5.84 Å². The summed E-state index contributed by atoms with van der Waals surface area (Å²) in [5.74, 6) is 5.56. The summed E-state index contributed by atoms with van der Waals surface area (Å²) in [5.41, 5.74) is 2.47. The van der Waals surface area contributed by atoms with Gasteiger partial charge in [0.05, 0.1) is 22.2 Å². The van der Waals surface area contributed by atoms with E-state index < -0.39 is 17.8 Å². The van der Waals surface area contributed by atoms with Crippen LogP contribution in [0.25, 0.3) is 0 Å². The molecule has 1 aromatic heterocycles. The van der Waals surface area contributed by atoms with Gasteiger partial charge in [-0.1, -0.05) is 36.5 Å². The number of aromatic nitrogens is 2. The molecule has 1 atom stereocenters. The van der Waals surface area contributed by atoms with Gasteiger partial charge < -0.3 is 0 Å². The molecule has 1 aromatic carbocycles. The van der Waals surface area contributed by atoms with Crippen LogP contribution in [0.1, 0.15) is 47.5 Å². The lowest BCUT2D eigenvalue weighted by Crippen LogP contribution is -2.30. The van der Waals surface area contributed by atoms with Gasteiger partial charge in [0, 0.05) is 0 Å². The summed E-state index contributed by atoms with van der Waals surface area (Å²) in [6.45, 7) is 3.81. The summed E-state index contributed by atoms with van der Waals surface area (Å²) in [6, 6.07) is 4.58. The van der Waals surface area contributed by atoms with E-state index in [2.05, 4.69) is 15.0 Å². The maximum absolute atomic E-state index is 13.1. The first kappa shape index (κ1) is 15.9. The molecular formula is C13H15F3N4S. The Kier molecular flexibility index (Phi) is 4.60. The maximum atomic E-state index is 13.1. The van der Waals surface area contributed by atoms with Gasteiger partial charge in [0.15, 0.2) is 0 Å². The SMILES string of the molecule is CC(C)c1nnsc1C(NN)c1ccccc1C(F)(F)F. The summed E-state index contributed by atoms with van der Waals surface area (Å²) in [4.78, 5) is 0.601. The Labute approximate surface area is 124 Å². The van der Waals surface area contributed by atoms with Gasteiger partial charge in [0.25, 0.3) is 0 Å². The van der Waals surface area contributed by atoms with E-state index in [1.165, 1.54) is 12.1 Å². The molecule has 0 spiro atoms. The second-order valence-corrected chi connectivity index (χ2v) is 5.65. The van der Waals surface area contributed by atoms with Gasteiger partial charge in [-0.3, -0.25) is 5.84 Å². The first-order valence-electron chi connectivity index (χ1n) is 6.30. The molecule has 0 saturated heterocycles. The van der Waals surface area contributed by atoms with Crippen LogP contribution >= 0.6 is 11.5 Å². The maximum Gasteiger partial charge on any atom is 0.416 e. The Balaban J connectivity index is 2.55.